The van der Waals surface area contributed by atoms with Crippen molar-refractivity contribution in [2.45, 2.75) is 26.8 Å². The highest BCUT2D eigenvalue weighted by Crippen LogP contribution is 2.41. The molecule has 1 saturated heterocycles. The molecule has 1 aliphatic rings. The second-order valence-electron chi connectivity index (χ2n) is 6.99. The highest BCUT2D eigenvalue weighted by atomic mass is 79.9. The molecule has 2 N–H and O–H groups in total. The van der Waals surface area contributed by atoms with Crippen LogP contribution in [0.5, 0.6) is 0 Å². The van der Waals surface area contributed by atoms with Gasteiger partial charge >= 0.3 is 0 Å². The van der Waals surface area contributed by atoms with Crippen molar-refractivity contribution in [3.8, 4) is 0 Å². The molecule has 6 heteroatoms. The van der Waals surface area contributed by atoms with E-state index in [4.69, 9.17) is 0 Å². The number of piperazine rings is 1. The molecule has 0 bridgehead atoms. The lowest BCUT2D eigenvalue weighted by atomic mass is 9.81. The third-order valence-electron chi connectivity index (χ3n) is 4.31. The SMILES string of the molecule is CC(C)(C)[C@H](c1c[nH]c2ccc(Br)cc12)N1CCNCC1.Cl.Cl. The fourth-order valence-corrected chi connectivity index (χ4v) is 3.85. The van der Waals surface area contributed by atoms with Crippen LogP contribution in [-0.2, 0) is 0 Å². The summed E-state index contributed by atoms with van der Waals surface area (Å²) in [5, 5.41) is 4.79. The van der Waals surface area contributed by atoms with Gasteiger partial charge in [-0.1, -0.05) is 36.7 Å². The smallest absolute Gasteiger partial charge is 0.0458 e. The molecule has 0 saturated carbocycles. The maximum Gasteiger partial charge on any atom is 0.0458 e. The Labute approximate surface area is 159 Å². The van der Waals surface area contributed by atoms with Crippen molar-refractivity contribution >= 4 is 51.6 Å². The van der Waals surface area contributed by atoms with Crippen molar-refractivity contribution in [2.75, 3.05) is 26.2 Å². The number of benzene rings is 1. The number of halogens is 3. The lowest BCUT2D eigenvalue weighted by Crippen LogP contribution is -2.48. The van der Waals surface area contributed by atoms with E-state index in [9.17, 15) is 0 Å². The second kappa shape index (κ2) is 8.21. The maximum atomic E-state index is 3.61. The standard InChI is InChI=1S/C17H24BrN3.2ClH/c1-17(2,3)16(21-8-6-19-7-9-21)14-11-20-15-5-4-12(18)10-13(14)15;;/h4-5,10-11,16,19-20H,6-9H2,1-3H3;2*1H/t16-;;/m0../s1. The zero-order chi connectivity index (χ0) is 15.0. The molecule has 1 fully saturated rings. The first kappa shape index (κ1) is 20.8. The summed E-state index contributed by atoms with van der Waals surface area (Å²) < 4.78 is 1.14. The van der Waals surface area contributed by atoms with Crippen LogP contribution >= 0.6 is 40.7 Å². The van der Waals surface area contributed by atoms with Gasteiger partial charge in [0.05, 0.1) is 0 Å². The van der Waals surface area contributed by atoms with Crippen LogP contribution in [-0.4, -0.2) is 36.1 Å². The number of H-pyrrole nitrogens is 1. The van der Waals surface area contributed by atoms with E-state index in [2.05, 4.69) is 76.3 Å². The van der Waals surface area contributed by atoms with E-state index in [1.165, 1.54) is 16.5 Å². The van der Waals surface area contributed by atoms with Gasteiger partial charge in [0.15, 0.2) is 0 Å². The van der Waals surface area contributed by atoms with Gasteiger partial charge in [0.1, 0.15) is 0 Å². The molecule has 2 aromatic rings. The lowest BCUT2D eigenvalue weighted by molar-refractivity contribution is 0.0872. The summed E-state index contributed by atoms with van der Waals surface area (Å²) in [6.45, 7) is 11.4. The molecule has 2 heterocycles. The van der Waals surface area contributed by atoms with Crippen LogP contribution in [0.1, 0.15) is 32.4 Å². The molecule has 3 rings (SSSR count). The minimum Gasteiger partial charge on any atom is -0.361 e. The predicted octanol–water partition coefficient (Wildman–Crippen LogP) is 4.77. The zero-order valence-corrected chi connectivity index (χ0v) is 17.1. The van der Waals surface area contributed by atoms with E-state index in [1.807, 2.05) is 0 Å². The largest absolute Gasteiger partial charge is 0.361 e. The molecular formula is C17H26BrCl2N3. The Morgan fingerprint density at radius 2 is 1.78 bits per heavy atom. The summed E-state index contributed by atoms with van der Waals surface area (Å²) in [4.78, 5) is 6.07. The van der Waals surface area contributed by atoms with Gasteiger partial charge in [-0.05, 0) is 29.2 Å². The first-order chi connectivity index (χ1) is 9.97. The molecule has 3 nitrogen and oxygen atoms in total. The van der Waals surface area contributed by atoms with Crippen molar-refractivity contribution in [1.82, 2.24) is 15.2 Å². The van der Waals surface area contributed by atoms with Gasteiger partial charge in [-0.25, -0.2) is 0 Å². The molecule has 0 aliphatic carbocycles. The van der Waals surface area contributed by atoms with Crippen LogP contribution in [0.25, 0.3) is 10.9 Å². The van der Waals surface area contributed by atoms with Crippen molar-refractivity contribution in [3.63, 3.8) is 0 Å². The van der Waals surface area contributed by atoms with Crippen LogP contribution in [0.4, 0.5) is 0 Å². The Bertz CT molecular complexity index is 630. The maximum absolute atomic E-state index is 3.61. The topological polar surface area (TPSA) is 31.1 Å². The number of nitrogens with zero attached hydrogens (tertiary/aromatic N) is 1. The number of hydrogen-bond donors (Lipinski definition) is 2. The average molecular weight is 423 g/mol. The van der Waals surface area contributed by atoms with Gasteiger partial charge in [-0.3, -0.25) is 4.90 Å². The quantitative estimate of drug-likeness (QED) is 0.730. The van der Waals surface area contributed by atoms with E-state index in [0.717, 1.165) is 30.7 Å². The van der Waals surface area contributed by atoms with Crippen molar-refractivity contribution in [1.29, 1.82) is 0 Å². The van der Waals surface area contributed by atoms with E-state index >= 15 is 0 Å². The molecular weight excluding hydrogens is 397 g/mol. The fraction of sp³-hybridized carbons (Fsp3) is 0.529. The van der Waals surface area contributed by atoms with Gasteiger partial charge < -0.3 is 10.3 Å². The summed E-state index contributed by atoms with van der Waals surface area (Å²) in [5.41, 5.74) is 2.84. The van der Waals surface area contributed by atoms with Gasteiger partial charge in [0, 0.05) is 53.8 Å². The monoisotopic (exact) mass is 421 g/mol. The molecule has 1 aliphatic heterocycles. The molecule has 0 unspecified atom stereocenters. The van der Waals surface area contributed by atoms with Crippen LogP contribution in [0, 0.1) is 5.41 Å². The predicted molar refractivity (Wildman–Crippen MR) is 107 cm³/mol. The number of hydrogen-bond acceptors (Lipinski definition) is 2. The normalized spacial score (nSPS) is 17.4. The van der Waals surface area contributed by atoms with Crippen LogP contribution < -0.4 is 5.32 Å². The summed E-state index contributed by atoms with van der Waals surface area (Å²) >= 11 is 3.61. The Morgan fingerprint density at radius 3 is 2.39 bits per heavy atom. The minimum atomic E-state index is 0. The molecule has 0 spiro atoms. The summed E-state index contributed by atoms with van der Waals surface area (Å²) in [6, 6.07) is 6.92. The van der Waals surface area contributed by atoms with Crippen molar-refractivity contribution in [2.24, 2.45) is 5.41 Å². The molecule has 130 valence electrons. The number of aromatic amines is 1. The summed E-state index contributed by atoms with van der Waals surface area (Å²) in [7, 11) is 0. The molecule has 1 atom stereocenters. The third kappa shape index (κ3) is 4.43. The third-order valence-corrected chi connectivity index (χ3v) is 4.80. The van der Waals surface area contributed by atoms with E-state index in [1.54, 1.807) is 0 Å². The lowest BCUT2D eigenvalue weighted by Gasteiger charge is -2.42. The number of nitrogens with one attached hydrogen (secondary N) is 2. The van der Waals surface area contributed by atoms with E-state index in [0.29, 0.717) is 6.04 Å². The van der Waals surface area contributed by atoms with Gasteiger partial charge in [0.2, 0.25) is 0 Å². The molecule has 0 amide bonds. The first-order valence-corrected chi connectivity index (χ1v) is 8.47. The Hall–Kier alpha value is -0.260. The fourth-order valence-electron chi connectivity index (χ4n) is 3.49. The Morgan fingerprint density at radius 1 is 1.13 bits per heavy atom. The number of rotatable bonds is 2. The summed E-state index contributed by atoms with van der Waals surface area (Å²) in [6.07, 6.45) is 2.20. The van der Waals surface area contributed by atoms with E-state index in [-0.39, 0.29) is 30.2 Å². The second-order valence-corrected chi connectivity index (χ2v) is 7.90. The molecule has 23 heavy (non-hydrogen) atoms. The van der Waals surface area contributed by atoms with E-state index < -0.39 is 0 Å². The number of aromatic nitrogens is 1. The van der Waals surface area contributed by atoms with Crippen molar-refractivity contribution < 1.29 is 0 Å². The molecule has 0 radical (unpaired) electrons. The molecule has 1 aromatic carbocycles. The van der Waals surface area contributed by atoms with Gasteiger partial charge in [0.25, 0.3) is 0 Å². The van der Waals surface area contributed by atoms with Crippen molar-refractivity contribution in [3.05, 3.63) is 34.4 Å². The highest BCUT2D eigenvalue weighted by Gasteiger charge is 2.34. The zero-order valence-electron chi connectivity index (χ0n) is 13.9. The van der Waals surface area contributed by atoms with Crippen LogP contribution in [0.3, 0.4) is 0 Å². The highest BCUT2D eigenvalue weighted by molar-refractivity contribution is 9.10. The van der Waals surface area contributed by atoms with Gasteiger partial charge in [-0.2, -0.15) is 0 Å². The average Bonchev–Trinajstić information content (AvgIpc) is 2.82. The Balaban J connectivity index is 0.00000132. The van der Waals surface area contributed by atoms with Crippen LogP contribution in [0.2, 0.25) is 0 Å². The minimum absolute atomic E-state index is 0. The molecule has 1 aromatic heterocycles. The van der Waals surface area contributed by atoms with Gasteiger partial charge in [-0.15, -0.1) is 24.8 Å². The summed E-state index contributed by atoms with van der Waals surface area (Å²) in [5.74, 6) is 0. The first-order valence-electron chi connectivity index (χ1n) is 7.68. The van der Waals surface area contributed by atoms with Crippen LogP contribution in [0.15, 0.2) is 28.9 Å². The Kier molecular flexibility index (Phi) is 7.42. The number of fused-ring (bicyclic) bond motifs is 1.